The summed E-state index contributed by atoms with van der Waals surface area (Å²) in [6.45, 7) is 4.35. The number of phosphoric acid groups is 1. The first kappa shape index (κ1) is 83.2. The minimum atomic E-state index is -4.39. The van der Waals surface area contributed by atoms with Crippen molar-refractivity contribution in [3.63, 3.8) is 0 Å². The zero-order valence-electron chi connectivity index (χ0n) is 57.0. The molecule has 10 heteroatoms. The second-order valence-electron chi connectivity index (χ2n) is 25.6. The molecule has 9 nitrogen and oxygen atoms in total. The molecule has 0 aromatic heterocycles. The third-order valence-electron chi connectivity index (χ3n) is 15.9. The molecule has 0 spiro atoms. The standard InChI is InChI=1S/C76H138NO8P/c1-6-8-10-12-14-16-18-20-22-24-26-28-29-30-31-32-33-34-35-36-37-38-39-40-41-42-43-44-45-46-47-49-51-53-55-57-59-61-63-65-67-69-76(79)85-74(73-84-86(80,81)83-71-70-77(3,4)5)72-82-75(78)68-66-64-62-60-58-56-54-52-50-48-27-25-23-21-19-17-15-13-11-9-7-2/h8,10,14,16,19-22,25-28,30-31,74H,6-7,9,11-13,15,17-18,23-24,29,32-73H2,1-5H3/p+1/b10-8-,16-14-,21-19-,22-20-,27-25-,28-26-,31-30-. The zero-order chi connectivity index (χ0) is 62.6. The summed E-state index contributed by atoms with van der Waals surface area (Å²) in [5.74, 6) is -0.788. The second kappa shape index (κ2) is 66.6. The lowest BCUT2D eigenvalue weighted by Crippen LogP contribution is -2.37. The summed E-state index contributed by atoms with van der Waals surface area (Å²) in [5.41, 5.74) is 0. The Bertz CT molecular complexity index is 1730. The van der Waals surface area contributed by atoms with Gasteiger partial charge in [0.05, 0.1) is 27.7 Å². The van der Waals surface area contributed by atoms with Crippen molar-refractivity contribution in [2.75, 3.05) is 47.5 Å². The molecule has 500 valence electrons. The average Bonchev–Trinajstić information content (AvgIpc) is 3.70. The topological polar surface area (TPSA) is 108 Å². The van der Waals surface area contributed by atoms with E-state index in [-0.39, 0.29) is 32.0 Å². The number of ether oxygens (including phenoxy) is 2. The molecule has 86 heavy (non-hydrogen) atoms. The minimum absolute atomic E-state index is 0.0310. The van der Waals surface area contributed by atoms with Crippen LogP contribution in [0.25, 0.3) is 0 Å². The van der Waals surface area contributed by atoms with Crippen LogP contribution in [0.15, 0.2) is 85.1 Å². The molecule has 2 unspecified atom stereocenters. The number of allylic oxidation sites excluding steroid dienone is 14. The first-order valence-electron chi connectivity index (χ1n) is 36.3. The summed E-state index contributed by atoms with van der Waals surface area (Å²) in [4.78, 5) is 35.9. The summed E-state index contributed by atoms with van der Waals surface area (Å²) in [6, 6.07) is 0. The Balaban J connectivity index is 3.92. The predicted octanol–water partition coefficient (Wildman–Crippen LogP) is 23.7. The highest BCUT2D eigenvalue weighted by Crippen LogP contribution is 2.43. The minimum Gasteiger partial charge on any atom is -0.462 e. The van der Waals surface area contributed by atoms with E-state index in [9.17, 15) is 19.0 Å². The molecule has 0 rings (SSSR count). The molecular formula is C76H139NO8P+. The number of hydrogen-bond acceptors (Lipinski definition) is 7. The molecule has 0 saturated heterocycles. The third kappa shape index (κ3) is 70.3. The van der Waals surface area contributed by atoms with Crippen LogP contribution in [0.5, 0.6) is 0 Å². The number of likely N-dealkylation sites (N-methyl/N-ethyl adjacent to an activating group) is 1. The Morgan fingerprint density at radius 1 is 0.372 bits per heavy atom. The second-order valence-corrected chi connectivity index (χ2v) is 27.0. The highest BCUT2D eigenvalue weighted by molar-refractivity contribution is 7.47. The lowest BCUT2D eigenvalue weighted by atomic mass is 10.0. The van der Waals surface area contributed by atoms with Crippen molar-refractivity contribution < 1.29 is 42.1 Å². The molecule has 0 aromatic rings. The van der Waals surface area contributed by atoms with Crippen LogP contribution in [-0.2, 0) is 32.7 Å². The van der Waals surface area contributed by atoms with Crippen LogP contribution in [0.2, 0.25) is 0 Å². The molecule has 0 fully saturated rings. The number of esters is 2. The van der Waals surface area contributed by atoms with Gasteiger partial charge in [-0.05, 0) is 89.9 Å². The van der Waals surface area contributed by atoms with E-state index in [0.717, 1.165) is 70.6 Å². The van der Waals surface area contributed by atoms with Gasteiger partial charge in [0, 0.05) is 12.8 Å². The van der Waals surface area contributed by atoms with Gasteiger partial charge in [0.15, 0.2) is 6.10 Å². The van der Waals surface area contributed by atoms with Gasteiger partial charge in [-0.15, -0.1) is 0 Å². The number of carbonyl (C=O) groups is 2. The zero-order valence-corrected chi connectivity index (χ0v) is 57.9. The first-order chi connectivity index (χ1) is 42.0. The van der Waals surface area contributed by atoms with Gasteiger partial charge in [0.1, 0.15) is 19.8 Å². The van der Waals surface area contributed by atoms with Crippen LogP contribution in [-0.4, -0.2) is 74.9 Å². The van der Waals surface area contributed by atoms with Gasteiger partial charge in [0.25, 0.3) is 0 Å². The quantitative estimate of drug-likeness (QED) is 0.0211. The summed E-state index contributed by atoms with van der Waals surface area (Å²) < 4.78 is 34.7. The molecule has 1 N–H and O–H groups in total. The summed E-state index contributed by atoms with van der Waals surface area (Å²) >= 11 is 0. The van der Waals surface area contributed by atoms with E-state index in [1.165, 1.54) is 231 Å². The average molecular weight is 1230 g/mol. The molecule has 0 saturated carbocycles. The van der Waals surface area contributed by atoms with Crippen LogP contribution >= 0.6 is 7.82 Å². The predicted molar refractivity (Wildman–Crippen MR) is 372 cm³/mol. The Morgan fingerprint density at radius 2 is 0.663 bits per heavy atom. The number of carbonyl (C=O) groups excluding carboxylic acids is 2. The molecule has 0 bridgehead atoms. The maximum Gasteiger partial charge on any atom is 0.472 e. The number of unbranched alkanes of at least 4 members (excludes halogenated alkanes) is 39. The Hall–Kier alpha value is -2.81. The van der Waals surface area contributed by atoms with E-state index in [2.05, 4.69) is 98.9 Å². The van der Waals surface area contributed by atoms with Crippen LogP contribution in [0.4, 0.5) is 0 Å². The van der Waals surface area contributed by atoms with Crippen molar-refractivity contribution >= 4 is 19.8 Å². The summed E-state index contributed by atoms with van der Waals surface area (Å²) in [5, 5.41) is 0. The molecule has 2 atom stereocenters. The fourth-order valence-corrected chi connectivity index (χ4v) is 11.1. The molecule has 0 aromatic carbocycles. The molecule has 0 aliphatic carbocycles. The van der Waals surface area contributed by atoms with Gasteiger partial charge in [-0.1, -0.05) is 317 Å². The molecule has 0 radical (unpaired) electrons. The Kier molecular flexibility index (Phi) is 64.4. The van der Waals surface area contributed by atoms with Gasteiger partial charge in [-0.2, -0.15) is 0 Å². The Morgan fingerprint density at radius 3 is 0.988 bits per heavy atom. The van der Waals surface area contributed by atoms with Crippen molar-refractivity contribution in [3.05, 3.63) is 85.1 Å². The first-order valence-corrected chi connectivity index (χ1v) is 37.8. The number of quaternary nitrogens is 1. The van der Waals surface area contributed by atoms with E-state index in [0.29, 0.717) is 17.4 Å². The van der Waals surface area contributed by atoms with E-state index in [1.54, 1.807) is 0 Å². The number of rotatable bonds is 67. The van der Waals surface area contributed by atoms with Gasteiger partial charge >= 0.3 is 19.8 Å². The van der Waals surface area contributed by atoms with Crippen LogP contribution in [0.3, 0.4) is 0 Å². The van der Waals surface area contributed by atoms with Crippen molar-refractivity contribution in [2.45, 2.75) is 341 Å². The lowest BCUT2D eigenvalue weighted by Gasteiger charge is -2.24. The van der Waals surface area contributed by atoms with Gasteiger partial charge < -0.3 is 18.9 Å². The van der Waals surface area contributed by atoms with Gasteiger partial charge in [0.2, 0.25) is 0 Å². The normalized spacial score (nSPS) is 13.6. The van der Waals surface area contributed by atoms with Crippen molar-refractivity contribution in [1.82, 2.24) is 0 Å². The smallest absolute Gasteiger partial charge is 0.462 e. The highest BCUT2D eigenvalue weighted by Gasteiger charge is 2.27. The molecule has 0 amide bonds. The molecular weight excluding hydrogens is 1090 g/mol. The fraction of sp³-hybridized carbons (Fsp3) is 0.789. The van der Waals surface area contributed by atoms with Gasteiger partial charge in [-0.3, -0.25) is 18.6 Å². The largest absolute Gasteiger partial charge is 0.472 e. The summed E-state index contributed by atoms with van der Waals surface area (Å²) in [6.07, 6.45) is 91.4. The maximum absolute atomic E-state index is 12.9. The SMILES string of the molecule is CC/C=C\C/C=C\C/C=C\C/C=C\C/C=C\CCCCCCCCCCCCCCCCCCCCCCCCCCCC(=O)OC(COC(=O)CCCCCCCCCCC/C=C\C/C=C\CCCCCCC)COP(=O)(O)OCC[N+](C)(C)C. The third-order valence-corrected chi connectivity index (χ3v) is 16.9. The van der Waals surface area contributed by atoms with E-state index in [4.69, 9.17) is 18.5 Å². The van der Waals surface area contributed by atoms with Crippen LogP contribution < -0.4 is 0 Å². The highest BCUT2D eigenvalue weighted by atomic mass is 31.2. The van der Waals surface area contributed by atoms with Crippen molar-refractivity contribution in [1.29, 1.82) is 0 Å². The van der Waals surface area contributed by atoms with Gasteiger partial charge in [-0.25, -0.2) is 4.57 Å². The molecule has 0 aliphatic rings. The number of nitrogens with zero attached hydrogens (tertiary/aromatic N) is 1. The molecule has 0 aliphatic heterocycles. The van der Waals surface area contributed by atoms with Crippen molar-refractivity contribution in [3.8, 4) is 0 Å². The van der Waals surface area contributed by atoms with E-state index >= 15 is 0 Å². The fourth-order valence-electron chi connectivity index (χ4n) is 10.4. The lowest BCUT2D eigenvalue weighted by molar-refractivity contribution is -0.870. The van der Waals surface area contributed by atoms with E-state index < -0.39 is 26.5 Å². The number of hydrogen-bond donors (Lipinski definition) is 1. The Labute approximate surface area is 532 Å². The molecule has 0 heterocycles. The van der Waals surface area contributed by atoms with Crippen LogP contribution in [0, 0.1) is 0 Å². The summed E-state index contributed by atoms with van der Waals surface area (Å²) in [7, 11) is 1.48. The number of phosphoric ester groups is 1. The monoisotopic (exact) mass is 1230 g/mol. The van der Waals surface area contributed by atoms with Crippen LogP contribution in [0.1, 0.15) is 335 Å². The van der Waals surface area contributed by atoms with E-state index in [1.807, 2.05) is 21.1 Å². The maximum atomic E-state index is 12.9. The van der Waals surface area contributed by atoms with Crippen molar-refractivity contribution in [2.24, 2.45) is 0 Å².